The van der Waals surface area contributed by atoms with Gasteiger partial charge in [0.15, 0.2) is 6.29 Å². The van der Waals surface area contributed by atoms with Crippen molar-refractivity contribution in [1.29, 1.82) is 5.26 Å². The summed E-state index contributed by atoms with van der Waals surface area (Å²) in [7, 11) is 0. The van der Waals surface area contributed by atoms with Gasteiger partial charge in [0.1, 0.15) is 5.57 Å². The van der Waals surface area contributed by atoms with Gasteiger partial charge in [-0.05, 0) is 6.92 Å². The highest BCUT2D eigenvalue weighted by Crippen LogP contribution is 2.15. The maximum absolute atomic E-state index is 11.3. The van der Waals surface area contributed by atoms with Crippen LogP contribution in [0.5, 0.6) is 0 Å². The van der Waals surface area contributed by atoms with E-state index in [0.717, 1.165) is 6.08 Å². The molecule has 1 aliphatic heterocycles. The van der Waals surface area contributed by atoms with Crippen LogP contribution in [0.4, 0.5) is 0 Å². The summed E-state index contributed by atoms with van der Waals surface area (Å²) in [6, 6.07) is 1.76. The molecule has 1 aliphatic rings. The number of ether oxygens (including phenoxy) is 3. The van der Waals surface area contributed by atoms with Crippen LogP contribution < -0.4 is 0 Å². The van der Waals surface area contributed by atoms with Crippen molar-refractivity contribution in [1.82, 2.24) is 0 Å². The number of allylic oxidation sites excluding steroid dienone is 1. The van der Waals surface area contributed by atoms with Crippen molar-refractivity contribution in [3.05, 3.63) is 11.6 Å². The van der Waals surface area contributed by atoms with Gasteiger partial charge >= 0.3 is 5.97 Å². The molecular formula is C9H11NO4. The molecule has 0 aromatic rings. The molecule has 5 nitrogen and oxygen atoms in total. The molecular weight excluding hydrogens is 186 g/mol. The Morgan fingerprint density at radius 2 is 2.29 bits per heavy atom. The lowest BCUT2D eigenvalue weighted by Gasteiger charge is -2.10. The van der Waals surface area contributed by atoms with Crippen LogP contribution in [-0.4, -0.2) is 32.1 Å². The second-order valence-electron chi connectivity index (χ2n) is 2.52. The fourth-order valence-electron chi connectivity index (χ4n) is 1.05. The highest BCUT2D eigenvalue weighted by molar-refractivity contribution is 5.89. The van der Waals surface area contributed by atoms with Crippen molar-refractivity contribution in [2.24, 2.45) is 0 Å². The highest BCUT2D eigenvalue weighted by Gasteiger charge is 2.27. The first-order valence-corrected chi connectivity index (χ1v) is 4.29. The largest absolute Gasteiger partial charge is 0.462 e. The topological polar surface area (TPSA) is 68.6 Å². The van der Waals surface area contributed by atoms with Gasteiger partial charge in [-0.15, -0.1) is 0 Å². The molecule has 1 fully saturated rings. The summed E-state index contributed by atoms with van der Waals surface area (Å²) in [4.78, 5) is 11.3. The molecule has 0 unspecified atom stereocenters. The maximum Gasteiger partial charge on any atom is 0.339 e. The lowest BCUT2D eigenvalue weighted by molar-refractivity contribution is -0.142. The molecule has 0 spiro atoms. The monoisotopic (exact) mass is 197 g/mol. The van der Waals surface area contributed by atoms with Gasteiger partial charge in [-0.25, -0.2) is 4.79 Å². The lowest BCUT2D eigenvalue weighted by Crippen LogP contribution is -2.21. The third-order valence-corrected chi connectivity index (χ3v) is 1.61. The third kappa shape index (κ3) is 2.55. The molecule has 0 aliphatic carbocycles. The molecule has 0 bridgehead atoms. The summed E-state index contributed by atoms with van der Waals surface area (Å²) in [6.07, 6.45) is 0.335. The number of nitriles is 1. The van der Waals surface area contributed by atoms with E-state index in [0.29, 0.717) is 13.2 Å². The summed E-state index contributed by atoms with van der Waals surface area (Å²) in [5.74, 6) is -0.569. The molecule has 1 rings (SSSR count). The smallest absolute Gasteiger partial charge is 0.339 e. The highest BCUT2D eigenvalue weighted by atomic mass is 16.7. The minimum atomic E-state index is -0.756. The zero-order valence-electron chi connectivity index (χ0n) is 7.86. The molecule has 0 aromatic heterocycles. The van der Waals surface area contributed by atoms with E-state index in [4.69, 9.17) is 19.5 Å². The van der Waals surface area contributed by atoms with Crippen LogP contribution in [0.15, 0.2) is 11.6 Å². The molecule has 0 N–H and O–H groups in total. The van der Waals surface area contributed by atoms with E-state index in [1.165, 1.54) is 0 Å². The maximum atomic E-state index is 11.3. The minimum absolute atomic E-state index is 0.117. The predicted octanol–water partition coefficient (Wildman–Crippen LogP) is 0.372. The van der Waals surface area contributed by atoms with Crippen LogP contribution in [0.25, 0.3) is 0 Å². The van der Waals surface area contributed by atoms with Gasteiger partial charge in [0, 0.05) is 6.08 Å². The van der Waals surface area contributed by atoms with Crippen LogP contribution in [0.1, 0.15) is 6.92 Å². The number of carbonyl (C=O) groups is 1. The number of nitrogens with zero attached hydrogens (tertiary/aromatic N) is 1. The van der Waals surface area contributed by atoms with E-state index in [9.17, 15) is 4.79 Å². The molecule has 0 aromatic carbocycles. The van der Waals surface area contributed by atoms with Gasteiger partial charge < -0.3 is 14.2 Å². The van der Waals surface area contributed by atoms with E-state index < -0.39 is 12.3 Å². The number of rotatable bonds is 3. The van der Waals surface area contributed by atoms with Gasteiger partial charge in [0.2, 0.25) is 0 Å². The molecule has 1 heterocycles. The second kappa shape index (κ2) is 5.37. The van der Waals surface area contributed by atoms with Crippen molar-refractivity contribution in [3.63, 3.8) is 0 Å². The van der Waals surface area contributed by atoms with Gasteiger partial charge in [0.25, 0.3) is 0 Å². The van der Waals surface area contributed by atoms with E-state index in [1.807, 2.05) is 0 Å². The van der Waals surface area contributed by atoms with Crippen molar-refractivity contribution in [2.45, 2.75) is 13.2 Å². The summed E-state index contributed by atoms with van der Waals surface area (Å²) >= 11 is 0. The number of carbonyl (C=O) groups excluding carboxylic acids is 1. The Hall–Kier alpha value is -1.38. The van der Waals surface area contributed by atoms with Crippen LogP contribution >= 0.6 is 0 Å². The Morgan fingerprint density at radius 3 is 2.79 bits per heavy atom. The van der Waals surface area contributed by atoms with Crippen molar-refractivity contribution >= 4 is 5.97 Å². The molecule has 0 amide bonds. The molecule has 0 saturated carbocycles. The van der Waals surface area contributed by atoms with Crippen molar-refractivity contribution < 1.29 is 19.0 Å². The first-order chi connectivity index (χ1) is 6.79. The van der Waals surface area contributed by atoms with Gasteiger partial charge in [-0.2, -0.15) is 5.26 Å². The quantitative estimate of drug-likeness (QED) is 0.371. The van der Waals surface area contributed by atoms with Crippen molar-refractivity contribution in [2.75, 3.05) is 19.8 Å². The van der Waals surface area contributed by atoms with E-state index >= 15 is 0 Å². The summed E-state index contributed by atoms with van der Waals surface area (Å²) < 4.78 is 14.9. The molecule has 0 radical (unpaired) electrons. The van der Waals surface area contributed by atoms with E-state index in [2.05, 4.69) is 0 Å². The third-order valence-electron chi connectivity index (χ3n) is 1.61. The zero-order valence-corrected chi connectivity index (χ0v) is 7.86. The average molecular weight is 197 g/mol. The fourth-order valence-corrected chi connectivity index (χ4v) is 1.05. The Morgan fingerprint density at radius 1 is 1.64 bits per heavy atom. The Labute approximate surface area is 81.9 Å². The van der Waals surface area contributed by atoms with E-state index in [-0.39, 0.29) is 12.2 Å². The standard InChI is InChI=1S/C9H11NO4/c1-2-12-8(11)7(3-4-10)9-13-5-6-14-9/h3,9H,2,5-6H2,1H3. The first kappa shape index (κ1) is 10.7. The minimum Gasteiger partial charge on any atom is -0.462 e. The zero-order chi connectivity index (χ0) is 10.4. The molecule has 14 heavy (non-hydrogen) atoms. The summed E-state index contributed by atoms with van der Waals surface area (Å²) in [6.45, 7) is 2.80. The summed E-state index contributed by atoms with van der Waals surface area (Å²) in [5.41, 5.74) is 0.117. The first-order valence-electron chi connectivity index (χ1n) is 4.29. The predicted molar refractivity (Wildman–Crippen MR) is 46.0 cm³/mol. The Balaban J connectivity index is 2.69. The van der Waals surface area contributed by atoms with Crippen molar-refractivity contribution in [3.8, 4) is 6.07 Å². The average Bonchev–Trinajstić information content (AvgIpc) is 2.67. The fraction of sp³-hybridized carbons (Fsp3) is 0.556. The van der Waals surface area contributed by atoms with Gasteiger partial charge in [-0.1, -0.05) is 0 Å². The molecule has 5 heteroatoms. The molecule has 0 atom stereocenters. The SMILES string of the molecule is CCOC(=O)C(=CC#N)C1OCCO1. The van der Waals surface area contributed by atoms with Crippen LogP contribution in [0.3, 0.4) is 0 Å². The lowest BCUT2D eigenvalue weighted by atomic mass is 10.2. The number of hydrogen-bond donors (Lipinski definition) is 0. The van der Waals surface area contributed by atoms with Crippen LogP contribution in [-0.2, 0) is 19.0 Å². The van der Waals surface area contributed by atoms with Gasteiger partial charge in [-0.3, -0.25) is 0 Å². The normalized spacial score (nSPS) is 17.9. The Bertz CT molecular complexity index is 273. The molecule has 1 saturated heterocycles. The number of esters is 1. The van der Waals surface area contributed by atoms with Crippen LogP contribution in [0, 0.1) is 11.3 Å². The Kier molecular flexibility index (Phi) is 4.11. The number of hydrogen-bond acceptors (Lipinski definition) is 5. The van der Waals surface area contributed by atoms with Gasteiger partial charge in [0.05, 0.1) is 25.9 Å². The summed E-state index contributed by atoms with van der Waals surface area (Å²) in [5, 5.41) is 8.47. The molecule has 76 valence electrons. The van der Waals surface area contributed by atoms with E-state index in [1.54, 1.807) is 13.0 Å². The second-order valence-corrected chi connectivity index (χ2v) is 2.52. The van der Waals surface area contributed by atoms with Crippen LogP contribution in [0.2, 0.25) is 0 Å².